The van der Waals surface area contributed by atoms with Crippen LogP contribution in [0.15, 0.2) is 35.5 Å². The lowest BCUT2D eigenvalue weighted by Crippen LogP contribution is -2.28. The van der Waals surface area contributed by atoms with Gasteiger partial charge in [-0.2, -0.15) is 0 Å². The van der Waals surface area contributed by atoms with Crippen molar-refractivity contribution in [1.29, 1.82) is 0 Å². The first kappa shape index (κ1) is 17.4. The summed E-state index contributed by atoms with van der Waals surface area (Å²) in [4.78, 5) is 0. The van der Waals surface area contributed by atoms with Crippen LogP contribution in [0.4, 0.5) is 0 Å². The molecule has 1 aliphatic rings. The number of aliphatic hydroxyl groups excluding tert-OH is 2. The van der Waals surface area contributed by atoms with Crippen molar-refractivity contribution in [3.8, 4) is 0 Å². The van der Waals surface area contributed by atoms with Crippen molar-refractivity contribution in [2.24, 2.45) is 0 Å². The van der Waals surface area contributed by atoms with Gasteiger partial charge in [-0.25, -0.2) is 0 Å². The van der Waals surface area contributed by atoms with E-state index in [-0.39, 0.29) is 6.61 Å². The summed E-state index contributed by atoms with van der Waals surface area (Å²) in [7, 11) is 0. The fraction of sp³-hybridized carbons (Fsp3) is 0.529. The lowest BCUT2D eigenvalue weighted by atomic mass is 9.97. The van der Waals surface area contributed by atoms with Crippen molar-refractivity contribution in [3.05, 3.63) is 41.7 Å². The monoisotopic (exact) mass is 348 g/mol. The molecule has 6 nitrogen and oxygen atoms in total. The Labute approximate surface area is 146 Å². The fourth-order valence-electron chi connectivity index (χ4n) is 2.93. The summed E-state index contributed by atoms with van der Waals surface area (Å²) in [5.74, 6) is 1.86. The van der Waals surface area contributed by atoms with Gasteiger partial charge in [-0.15, -0.1) is 10.2 Å². The molecule has 1 fully saturated rings. The van der Waals surface area contributed by atoms with Gasteiger partial charge in [0.15, 0.2) is 5.16 Å². The highest BCUT2D eigenvalue weighted by Crippen LogP contribution is 2.28. The van der Waals surface area contributed by atoms with Crippen LogP contribution in [0.2, 0.25) is 0 Å². The lowest BCUT2D eigenvalue weighted by molar-refractivity contribution is 0.113. The first-order valence-electron chi connectivity index (χ1n) is 8.37. The van der Waals surface area contributed by atoms with Gasteiger partial charge < -0.3 is 20.1 Å². The van der Waals surface area contributed by atoms with Crippen molar-refractivity contribution >= 4 is 11.8 Å². The Morgan fingerprint density at radius 1 is 1.21 bits per heavy atom. The number of rotatable bonds is 7. The first-order chi connectivity index (χ1) is 11.8. The van der Waals surface area contributed by atoms with Crippen LogP contribution in [-0.2, 0) is 6.54 Å². The normalized spacial score (nSPS) is 17.1. The van der Waals surface area contributed by atoms with Crippen molar-refractivity contribution in [1.82, 2.24) is 20.1 Å². The summed E-state index contributed by atoms with van der Waals surface area (Å²) in [6.45, 7) is 2.51. The molecule has 1 aromatic carbocycles. The van der Waals surface area contributed by atoms with Crippen molar-refractivity contribution in [2.75, 3.05) is 25.4 Å². The molecule has 0 spiro atoms. The smallest absolute Gasteiger partial charge is 0.191 e. The average Bonchev–Trinajstić information content (AvgIpc) is 3.04. The molecular weight excluding hydrogens is 324 g/mol. The summed E-state index contributed by atoms with van der Waals surface area (Å²) < 4.78 is 2.17. The molecule has 0 aliphatic carbocycles. The van der Waals surface area contributed by atoms with Crippen LogP contribution in [0.1, 0.15) is 30.1 Å². The molecule has 3 N–H and O–H groups in total. The molecule has 0 unspecified atom stereocenters. The van der Waals surface area contributed by atoms with Gasteiger partial charge in [0, 0.05) is 11.7 Å². The first-order valence-corrected chi connectivity index (χ1v) is 9.36. The molecule has 24 heavy (non-hydrogen) atoms. The highest BCUT2D eigenvalue weighted by Gasteiger charge is 2.23. The molecule has 130 valence electrons. The zero-order valence-corrected chi connectivity index (χ0v) is 14.5. The van der Waals surface area contributed by atoms with E-state index >= 15 is 0 Å². The highest BCUT2D eigenvalue weighted by molar-refractivity contribution is 7.99. The molecule has 0 amide bonds. The Morgan fingerprint density at radius 2 is 1.96 bits per heavy atom. The van der Waals surface area contributed by atoms with Crippen molar-refractivity contribution in [2.45, 2.75) is 36.6 Å². The maximum atomic E-state index is 9.62. The predicted octanol–water partition coefficient (Wildman–Crippen LogP) is 1.24. The van der Waals surface area contributed by atoms with Gasteiger partial charge in [0.1, 0.15) is 5.82 Å². The van der Waals surface area contributed by atoms with E-state index in [4.69, 9.17) is 5.11 Å². The highest BCUT2D eigenvalue weighted by atomic mass is 32.2. The maximum Gasteiger partial charge on any atom is 0.191 e. The molecule has 3 rings (SSSR count). The van der Waals surface area contributed by atoms with E-state index in [1.54, 1.807) is 0 Å². The summed E-state index contributed by atoms with van der Waals surface area (Å²) in [6.07, 6.45) is 1.40. The minimum Gasteiger partial charge on any atom is -0.394 e. The third-order valence-corrected chi connectivity index (χ3v) is 5.36. The van der Waals surface area contributed by atoms with Crippen LogP contribution in [0.5, 0.6) is 0 Å². The molecule has 1 saturated heterocycles. The van der Waals surface area contributed by atoms with E-state index in [1.165, 1.54) is 17.3 Å². The Bertz CT molecular complexity index is 629. The summed E-state index contributed by atoms with van der Waals surface area (Å²) in [6, 6.07) is 10.3. The van der Waals surface area contributed by atoms with Gasteiger partial charge >= 0.3 is 0 Å². The minimum atomic E-state index is -0.737. The second-order valence-corrected chi connectivity index (χ2v) is 7.07. The number of aliphatic hydroxyl groups is 2. The molecule has 7 heteroatoms. The van der Waals surface area contributed by atoms with E-state index in [9.17, 15) is 5.11 Å². The Kier molecular flexibility index (Phi) is 6.25. The number of nitrogens with one attached hydrogen (secondary N) is 1. The van der Waals surface area contributed by atoms with Gasteiger partial charge in [0.2, 0.25) is 0 Å². The van der Waals surface area contributed by atoms with Gasteiger partial charge in [-0.3, -0.25) is 0 Å². The number of aromatic nitrogens is 3. The molecule has 2 heterocycles. The largest absolute Gasteiger partial charge is 0.394 e. The summed E-state index contributed by atoms with van der Waals surface area (Å²) >= 11 is 1.45. The van der Waals surface area contributed by atoms with E-state index in [0.29, 0.717) is 11.7 Å². The molecule has 1 aromatic heterocycles. The second-order valence-electron chi connectivity index (χ2n) is 6.08. The molecule has 1 atom stereocenters. The van der Waals surface area contributed by atoms with Crippen LogP contribution in [0, 0.1) is 0 Å². The second kappa shape index (κ2) is 8.62. The van der Waals surface area contributed by atoms with Crippen molar-refractivity contribution < 1.29 is 10.2 Å². The molecule has 0 saturated carbocycles. The zero-order chi connectivity index (χ0) is 16.8. The Morgan fingerprint density at radius 3 is 2.67 bits per heavy atom. The maximum absolute atomic E-state index is 9.62. The van der Waals surface area contributed by atoms with Gasteiger partial charge in [-0.05, 0) is 31.5 Å². The molecule has 0 radical (unpaired) electrons. The standard InChI is InChI=1S/C17H24N4O2S/c22-11-15(23)12-24-17-20-19-16(14-6-8-18-9-7-14)21(17)10-13-4-2-1-3-5-13/h1-5,14-15,18,22-23H,6-12H2/t15-/m0/s1. The molecular formula is C17H24N4O2S. The zero-order valence-electron chi connectivity index (χ0n) is 13.6. The van der Waals surface area contributed by atoms with Crippen molar-refractivity contribution in [3.63, 3.8) is 0 Å². The molecule has 0 bridgehead atoms. The van der Waals surface area contributed by atoms with Gasteiger partial charge in [-0.1, -0.05) is 42.1 Å². The third kappa shape index (κ3) is 4.36. The fourth-order valence-corrected chi connectivity index (χ4v) is 3.79. The van der Waals surface area contributed by atoms with Crippen LogP contribution in [-0.4, -0.2) is 56.5 Å². The predicted molar refractivity (Wildman–Crippen MR) is 94.2 cm³/mol. The SMILES string of the molecule is OC[C@H](O)CSc1nnc(C2CCNCC2)n1Cc1ccccc1. The average molecular weight is 348 g/mol. The number of hydrogen-bond donors (Lipinski definition) is 3. The number of benzene rings is 1. The minimum absolute atomic E-state index is 0.235. The van der Waals surface area contributed by atoms with Crippen LogP contribution < -0.4 is 5.32 Å². The van der Waals surface area contributed by atoms with Crippen LogP contribution in [0.25, 0.3) is 0 Å². The quantitative estimate of drug-likeness (QED) is 0.653. The van der Waals surface area contributed by atoms with E-state index in [0.717, 1.165) is 43.5 Å². The topological polar surface area (TPSA) is 83.2 Å². The van der Waals surface area contributed by atoms with Gasteiger partial charge in [0.25, 0.3) is 0 Å². The number of piperidine rings is 1. The Balaban J connectivity index is 1.83. The Hall–Kier alpha value is -1.41. The van der Waals surface area contributed by atoms with E-state index in [2.05, 4.69) is 32.2 Å². The number of thioether (sulfide) groups is 1. The molecule has 2 aromatic rings. The van der Waals surface area contributed by atoms with E-state index in [1.807, 2.05) is 18.2 Å². The van der Waals surface area contributed by atoms with Gasteiger partial charge in [0.05, 0.1) is 19.3 Å². The third-order valence-electron chi connectivity index (χ3n) is 4.25. The van der Waals surface area contributed by atoms with Crippen LogP contribution >= 0.6 is 11.8 Å². The number of nitrogens with zero attached hydrogens (tertiary/aromatic N) is 3. The lowest BCUT2D eigenvalue weighted by Gasteiger charge is -2.23. The number of hydrogen-bond acceptors (Lipinski definition) is 6. The molecule has 1 aliphatic heterocycles. The van der Waals surface area contributed by atoms with E-state index < -0.39 is 6.10 Å². The summed E-state index contributed by atoms with van der Waals surface area (Å²) in [5.41, 5.74) is 1.21. The van der Waals surface area contributed by atoms with Crippen LogP contribution in [0.3, 0.4) is 0 Å². The summed E-state index contributed by atoms with van der Waals surface area (Å²) in [5, 5.41) is 31.6.